The molecule has 200 valence electrons. The minimum absolute atomic E-state index is 0.00369. The monoisotopic (exact) mass is 480 g/mol. The fourth-order valence-electron chi connectivity index (χ4n) is 4.31. The predicted octanol–water partition coefficient (Wildman–Crippen LogP) is 9.41. The number of rotatable bonds is 26. The van der Waals surface area contributed by atoms with Crippen molar-refractivity contribution in [1.82, 2.24) is 0 Å². The highest BCUT2D eigenvalue weighted by molar-refractivity contribution is 5.78. The topological polar surface area (TPSA) is 63.6 Å². The number of hydrogen-bond donors (Lipinski definition) is 1. The van der Waals surface area contributed by atoms with Gasteiger partial charge in [0, 0.05) is 0 Å². The van der Waals surface area contributed by atoms with Gasteiger partial charge < -0.3 is 9.84 Å². The average molecular weight is 481 g/mol. The van der Waals surface area contributed by atoms with Gasteiger partial charge in [-0.3, -0.25) is 9.59 Å². The molecular weight excluding hydrogens is 424 g/mol. The van der Waals surface area contributed by atoms with Crippen LogP contribution in [0.1, 0.15) is 155 Å². The predicted molar refractivity (Wildman–Crippen MR) is 144 cm³/mol. The molecular formula is C30H56O4. The van der Waals surface area contributed by atoms with E-state index in [4.69, 9.17) is 4.74 Å². The molecule has 0 aliphatic carbocycles. The Morgan fingerprint density at radius 1 is 0.647 bits per heavy atom. The van der Waals surface area contributed by atoms with Crippen LogP contribution in [0.15, 0.2) is 12.2 Å². The lowest BCUT2D eigenvalue weighted by Gasteiger charge is -2.11. The molecule has 34 heavy (non-hydrogen) atoms. The molecule has 0 aromatic rings. The highest BCUT2D eigenvalue weighted by Crippen LogP contribution is 2.17. The van der Waals surface area contributed by atoms with Gasteiger partial charge in [-0.1, -0.05) is 122 Å². The molecule has 0 amide bonds. The van der Waals surface area contributed by atoms with E-state index in [2.05, 4.69) is 19.1 Å². The summed E-state index contributed by atoms with van der Waals surface area (Å²) in [6.07, 6.45) is 30.6. The third kappa shape index (κ3) is 23.8. The molecule has 0 radical (unpaired) electrons. The lowest BCUT2D eigenvalue weighted by Crippen LogP contribution is -2.19. The smallest absolute Gasteiger partial charge is 0.307 e. The van der Waals surface area contributed by atoms with E-state index in [0.717, 1.165) is 25.7 Å². The van der Waals surface area contributed by atoms with E-state index in [1.54, 1.807) is 0 Å². The fourth-order valence-corrected chi connectivity index (χ4v) is 4.31. The lowest BCUT2D eigenvalue weighted by molar-refractivity contribution is -0.151. The first-order chi connectivity index (χ1) is 16.6. The van der Waals surface area contributed by atoms with Gasteiger partial charge in [-0.05, 0) is 38.5 Å². The Balaban J connectivity index is 3.40. The first-order valence-corrected chi connectivity index (χ1v) is 14.6. The van der Waals surface area contributed by atoms with Gasteiger partial charge in [0.1, 0.15) is 0 Å². The summed E-state index contributed by atoms with van der Waals surface area (Å²) in [6.45, 7) is 4.58. The second kappa shape index (κ2) is 26.3. The van der Waals surface area contributed by atoms with Crippen LogP contribution in [0.25, 0.3) is 0 Å². The molecule has 0 saturated carbocycles. The Kier molecular flexibility index (Phi) is 25.3. The van der Waals surface area contributed by atoms with Crippen LogP contribution in [0, 0.1) is 5.92 Å². The second-order valence-electron chi connectivity index (χ2n) is 9.95. The lowest BCUT2D eigenvalue weighted by atomic mass is 9.97. The summed E-state index contributed by atoms with van der Waals surface area (Å²) in [4.78, 5) is 23.0. The maximum absolute atomic E-state index is 11.6. The van der Waals surface area contributed by atoms with Gasteiger partial charge in [-0.2, -0.15) is 0 Å². The van der Waals surface area contributed by atoms with Gasteiger partial charge in [-0.25, -0.2) is 0 Å². The van der Waals surface area contributed by atoms with Gasteiger partial charge in [0.25, 0.3) is 0 Å². The van der Waals surface area contributed by atoms with Crippen molar-refractivity contribution in [1.29, 1.82) is 0 Å². The van der Waals surface area contributed by atoms with Crippen LogP contribution in [0.5, 0.6) is 0 Å². The number of unbranched alkanes of at least 4 members (excludes halogenated alkanes) is 17. The molecule has 1 unspecified atom stereocenters. The number of carbonyl (C=O) groups is 2. The Bertz CT molecular complexity index is 486. The van der Waals surface area contributed by atoms with Crippen LogP contribution in [0.2, 0.25) is 0 Å². The van der Waals surface area contributed by atoms with Crippen LogP contribution in [0.4, 0.5) is 0 Å². The normalized spacial score (nSPS) is 12.3. The molecule has 1 atom stereocenters. The Morgan fingerprint density at radius 2 is 1.09 bits per heavy atom. The first-order valence-electron chi connectivity index (χ1n) is 14.6. The number of carbonyl (C=O) groups excluding carboxylic acids is 1. The standard InChI is InChI=1S/C30H56O4/c1-3-5-6-7-8-9-10-11-12-13-14-15-16-17-18-19-20-21-22-23-24-25-28(30(32)33)27-29(31)34-26-4-2/h13-14,28H,3-12,15-27H2,1-2H3,(H,32,33)/b14-13+. The van der Waals surface area contributed by atoms with E-state index >= 15 is 0 Å². The van der Waals surface area contributed by atoms with Crippen molar-refractivity contribution in [2.45, 2.75) is 155 Å². The largest absolute Gasteiger partial charge is 0.481 e. The second-order valence-corrected chi connectivity index (χ2v) is 9.95. The van der Waals surface area contributed by atoms with Crippen molar-refractivity contribution in [2.75, 3.05) is 6.61 Å². The van der Waals surface area contributed by atoms with E-state index in [1.807, 2.05) is 6.92 Å². The summed E-state index contributed by atoms with van der Waals surface area (Å²) < 4.78 is 5.02. The number of carboxylic acids is 1. The Hall–Kier alpha value is -1.32. The molecule has 0 rings (SSSR count). The molecule has 0 aromatic carbocycles. The quantitative estimate of drug-likeness (QED) is 0.0760. The SMILES string of the molecule is CCCCCCCCCC/C=C/CCCCCCCCCCCC(CC(=O)OCCC)C(=O)O. The number of ether oxygens (including phenoxy) is 1. The van der Waals surface area contributed by atoms with Crippen molar-refractivity contribution >= 4 is 11.9 Å². The van der Waals surface area contributed by atoms with Crippen LogP contribution in [-0.2, 0) is 14.3 Å². The maximum atomic E-state index is 11.6. The molecule has 0 aliphatic rings. The summed E-state index contributed by atoms with van der Waals surface area (Å²) >= 11 is 0. The number of aliphatic carboxylic acids is 1. The van der Waals surface area contributed by atoms with Crippen LogP contribution in [-0.4, -0.2) is 23.7 Å². The van der Waals surface area contributed by atoms with Gasteiger partial charge in [0.15, 0.2) is 0 Å². The van der Waals surface area contributed by atoms with E-state index in [1.165, 1.54) is 103 Å². The summed E-state index contributed by atoms with van der Waals surface area (Å²) in [5.41, 5.74) is 0. The van der Waals surface area contributed by atoms with Crippen LogP contribution >= 0.6 is 0 Å². The van der Waals surface area contributed by atoms with Gasteiger partial charge in [0.05, 0.1) is 18.9 Å². The van der Waals surface area contributed by atoms with Gasteiger partial charge in [0.2, 0.25) is 0 Å². The molecule has 0 fully saturated rings. The van der Waals surface area contributed by atoms with Crippen molar-refractivity contribution in [2.24, 2.45) is 5.92 Å². The van der Waals surface area contributed by atoms with Crippen molar-refractivity contribution in [3.63, 3.8) is 0 Å². The molecule has 0 heterocycles. The van der Waals surface area contributed by atoms with Gasteiger partial charge >= 0.3 is 11.9 Å². The summed E-state index contributed by atoms with van der Waals surface area (Å²) in [5.74, 6) is -1.86. The number of carboxylic acid groups (broad SMARTS) is 1. The minimum atomic E-state index is -0.878. The average Bonchev–Trinajstić information content (AvgIpc) is 2.82. The fraction of sp³-hybridized carbons (Fsp3) is 0.867. The van der Waals surface area contributed by atoms with Gasteiger partial charge in [-0.15, -0.1) is 0 Å². The molecule has 0 aromatic heterocycles. The maximum Gasteiger partial charge on any atom is 0.307 e. The highest BCUT2D eigenvalue weighted by Gasteiger charge is 2.21. The first kappa shape index (κ1) is 32.7. The van der Waals surface area contributed by atoms with E-state index in [0.29, 0.717) is 13.0 Å². The van der Waals surface area contributed by atoms with Crippen molar-refractivity contribution in [3.8, 4) is 0 Å². The number of hydrogen-bond acceptors (Lipinski definition) is 3. The van der Waals surface area contributed by atoms with E-state index < -0.39 is 11.9 Å². The van der Waals surface area contributed by atoms with Crippen LogP contribution in [0.3, 0.4) is 0 Å². The molecule has 0 spiro atoms. The van der Waals surface area contributed by atoms with Crippen molar-refractivity contribution in [3.05, 3.63) is 12.2 Å². The molecule has 4 heteroatoms. The van der Waals surface area contributed by atoms with E-state index in [9.17, 15) is 14.7 Å². The summed E-state index contributed by atoms with van der Waals surface area (Å²) in [6, 6.07) is 0. The third-order valence-corrected chi connectivity index (χ3v) is 6.54. The summed E-state index contributed by atoms with van der Waals surface area (Å²) in [5, 5.41) is 9.30. The zero-order valence-corrected chi connectivity index (χ0v) is 22.7. The minimum Gasteiger partial charge on any atom is -0.481 e. The molecule has 1 N–H and O–H groups in total. The summed E-state index contributed by atoms with van der Waals surface area (Å²) in [7, 11) is 0. The van der Waals surface area contributed by atoms with Crippen molar-refractivity contribution < 1.29 is 19.4 Å². The molecule has 0 bridgehead atoms. The highest BCUT2D eigenvalue weighted by atomic mass is 16.5. The molecule has 0 aliphatic heterocycles. The Morgan fingerprint density at radius 3 is 1.53 bits per heavy atom. The number of esters is 1. The zero-order chi connectivity index (χ0) is 25.1. The Labute approximate surface area is 211 Å². The zero-order valence-electron chi connectivity index (χ0n) is 22.7. The molecule has 0 saturated heterocycles. The number of allylic oxidation sites excluding steroid dienone is 2. The third-order valence-electron chi connectivity index (χ3n) is 6.54. The molecule has 4 nitrogen and oxygen atoms in total. The van der Waals surface area contributed by atoms with Crippen LogP contribution < -0.4 is 0 Å². The van der Waals surface area contributed by atoms with E-state index in [-0.39, 0.29) is 12.4 Å².